The molecule has 0 spiro atoms. The van der Waals surface area contributed by atoms with Crippen LogP contribution in [0, 0.1) is 5.92 Å². The van der Waals surface area contributed by atoms with Crippen molar-refractivity contribution >= 4 is 33.6 Å². The quantitative estimate of drug-likeness (QED) is 0.252. The Morgan fingerprint density at radius 3 is 2.83 bits per heavy atom. The van der Waals surface area contributed by atoms with Crippen LogP contribution in [0.1, 0.15) is 60.6 Å². The first-order valence-electron chi connectivity index (χ1n) is 14.6. The van der Waals surface area contributed by atoms with Gasteiger partial charge in [-0.05, 0) is 55.5 Å². The van der Waals surface area contributed by atoms with Gasteiger partial charge in [0.2, 0.25) is 5.91 Å². The minimum absolute atomic E-state index is 0.0766. The normalized spacial score (nSPS) is 21.5. The number of fused-ring (bicyclic) bond motifs is 3. The van der Waals surface area contributed by atoms with E-state index in [9.17, 15) is 22.8 Å². The lowest BCUT2D eigenvalue weighted by Crippen LogP contribution is -2.55. The molecule has 4 aromatic rings. The van der Waals surface area contributed by atoms with Crippen LogP contribution in [0.5, 0.6) is 0 Å². The molecule has 2 saturated heterocycles. The Bertz CT molecular complexity index is 1600. The van der Waals surface area contributed by atoms with Crippen LogP contribution in [-0.2, 0) is 22.1 Å². The molecule has 0 bridgehead atoms. The zero-order valence-corrected chi connectivity index (χ0v) is 23.3. The van der Waals surface area contributed by atoms with Crippen LogP contribution >= 0.6 is 0 Å². The van der Waals surface area contributed by atoms with Crippen LogP contribution in [0.15, 0.2) is 48.7 Å². The molecule has 2 aromatic heterocycles. The molecule has 0 radical (unpaired) electrons. The van der Waals surface area contributed by atoms with Crippen LogP contribution in [0.25, 0.3) is 21.8 Å². The molecule has 1 unspecified atom stereocenters. The fourth-order valence-corrected chi connectivity index (χ4v) is 6.46. The van der Waals surface area contributed by atoms with Crippen molar-refractivity contribution in [1.29, 1.82) is 0 Å². The Labute approximate surface area is 241 Å². The summed E-state index contributed by atoms with van der Waals surface area (Å²) in [4.78, 5) is 32.4. The summed E-state index contributed by atoms with van der Waals surface area (Å²) in [5, 5.41) is 10.0. The number of aromatic nitrogens is 3. The first-order chi connectivity index (χ1) is 20.2. The average Bonchev–Trinajstić information content (AvgIpc) is 3.73. The van der Waals surface area contributed by atoms with E-state index in [2.05, 4.69) is 28.4 Å². The van der Waals surface area contributed by atoms with E-state index < -0.39 is 23.7 Å². The maximum Gasteiger partial charge on any atom is 0.433 e. The number of carbonyl (C=O) groups excluding carboxylic acids is 2. The lowest BCUT2D eigenvalue weighted by molar-refractivity contribution is -0.140. The number of rotatable bonds is 8. The van der Waals surface area contributed by atoms with Gasteiger partial charge in [0.05, 0.1) is 23.6 Å². The van der Waals surface area contributed by atoms with Gasteiger partial charge >= 0.3 is 6.18 Å². The first-order valence-corrected chi connectivity index (χ1v) is 14.6. The fraction of sp³-hybridized carbons (Fsp3) is 0.452. The minimum atomic E-state index is -4.63. The second-order valence-electron chi connectivity index (χ2n) is 11.4. The van der Waals surface area contributed by atoms with Gasteiger partial charge < -0.3 is 19.9 Å². The Morgan fingerprint density at radius 1 is 1.19 bits per heavy atom. The molecule has 42 heavy (non-hydrogen) atoms. The van der Waals surface area contributed by atoms with Crippen molar-refractivity contribution in [2.75, 3.05) is 13.2 Å². The number of likely N-dealkylation sites (tertiary alicyclic amines) is 1. The molecule has 4 atom stereocenters. The lowest BCUT2D eigenvalue weighted by atomic mass is 9.88. The van der Waals surface area contributed by atoms with Crippen molar-refractivity contribution in [3.63, 3.8) is 0 Å². The summed E-state index contributed by atoms with van der Waals surface area (Å²) in [7, 11) is 0. The van der Waals surface area contributed by atoms with Crippen molar-refractivity contribution in [3.8, 4) is 0 Å². The molecule has 2 fully saturated rings. The molecule has 0 saturated carbocycles. The highest BCUT2D eigenvalue weighted by Crippen LogP contribution is 2.36. The number of piperidine rings is 1. The van der Waals surface area contributed by atoms with Gasteiger partial charge in [-0.15, -0.1) is 0 Å². The number of nitrogens with one attached hydrogen (secondary N) is 3. The summed E-state index contributed by atoms with van der Waals surface area (Å²) in [5.41, 5.74) is 1.46. The number of alkyl halides is 3. The predicted octanol–water partition coefficient (Wildman–Crippen LogP) is 5.60. The number of nitrogens with zero attached hydrogens (tertiary/aromatic N) is 2. The number of hydrogen-bond acceptors (Lipinski definition) is 4. The molecule has 6 rings (SSSR count). The Morgan fingerprint density at radius 2 is 2.02 bits per heavy atom. The molecular weight excluding hydrogens is 547 g/mol. The molecule has 8 nitrogen and oxygen atoms in total. The van der Waals surface area contributed by atoms with E-state index in [-0.39, 0.29) is 47.1 Å². The number of carbonyl (C=O) groups is 2. The van der Waals surface area contributed by atoms with Gasteiger partial charge in [0.15, 0.2) is 0 Å². The number of aromatic amines is 2. The van der Waals surface area contributed by atoms with E-state index in [1.165, 1.54) is 18.2 Å². The molecular formula is C31H34F3N5O3. The number of hydrogen-bond donors (Lipinski definition) is 3. The fourth-order valence-electron chi connectivity index (χ4n) is 6.46. The first kappa shape index (κ1) is 28.3. The molecule has 2 aliphatic heterocycles. The van der Waals surface area contributed by atoms with Gasteiger partial charge in [-0.3, -0.25) is 14.7 Å². The Balaban J connectivity index is 1.21. The third-order valence-corrected chi connectivity index (χ3v) is 8.62. The van der Waals surface area contributed by atoms with E-state index in [1.807, 2.05) is 29.5 Å². The summed E-state index contributed by atoms with van der Waals surface area (Å²) >= 11 is 0. The third kappa shape index (κ3) is 5.49. The predicted molar refractivity (Wildman–Crippen MR) is 152 cm³/mol. The SMILES string of the molecule is CCCCC(Cc1c[nH]c2ccccc12)NC(=O)[C@@H]1C[C@H]2OCC[C@H]2N(C(=O)c2ccc3n[nH]c(C(F)(F)F)c3c2)C1. The second kappa shape index (κ2) is 11.4. The highest BCUT2D eigenvalue weighted by molar-refractivity contribution is 5.99. The van der Waals surface area contributed by atoms with Gasteiger partial charge in [0.25, 0.3) is 5.91 Å². The van der Waals surface area contributed by atoms with E-state index in [0.717, 1.165) is 35.7 Å². The highest BCUT2D eigenvalue weighted by Gasteiger charge is 2.45. The van der Waals surface area contributed by atoms with Gasteiger partial charge in [-0.2, -0.15) is 18.3 Å². The van der Waals surface area contributed by atoms with Crippen LogP contribution < -0.4 is 5.32 Å². The van der Waals surface area contributed by atoms with Crippen LogP contribution in [0.4, 0.5) is 13.2 Å². The molecule has 0 aliphatic carbocycles. The summed E-state index contributed by atoms with van der Waals surface area (Å²) < 4.78 is 46.4. The number of para-hydroxylation sites is 1. The van der Waals surface area contributed by atoms with Crippen LogP contribution in [-0.4, -0.2) is 63.2 Å². The maximum atomic E-state index is 13.8. The Kier molecular flexibility index (Phi) is 7.69. The van der Waals surface area contributed by atoms with Crippen molar-refractivity contribution in [3.05, 3.63) is 65.5 Å². The van der Waals surface area contributed by atoms with Gasteiger partial charge in [0.1, 0.15) is 5.69 Å². The third-order valence-electron chi connectivity index (χ3n) is 8.62. The van der Waals surface area contributed by atoms with Crippen molar-refractivity contribution in [2.24, 2.45) is 5.92 Å². The number of ether oxygens (including phenoxy) is 1. The van der Waals surface area contributed by atoms with E-state index >= 15 is 0 Å². The van der Waals surface area contributed by atoms with Gasteiger partial charge in [-0.25, -0.2) is 0 Å². The zero-order chi connectivity index (χ0) is 29.4. The molecule has 11 heteroatoms. The summed E-state index contributed by atoms with van der Waals surface area (Å²) in [6.45, 7) is 2.76. The van der Waals surface area contributed by atoms with Crippen molar-refractivity contribution in [2.45, 2.75) is 69.8 Å². The molecule has 4 heterocycles. The average molecular weight is 582 g/mol. The van der Waals surface area contributed by atoms with E-state index in [4.69, 9.17) is 4.74 Å². The number of H-pyrrole nitrogens is 2. The number of unbranched alkanes of at least 4 members (excludes halogenated alkanes) is 1. The van der Waals surface area contributed by atoms with Crippen molar-refractivity contribution in [1.82, 2.24) is 25.4 Å². The van der Waals surface area contributed by atoms with Crippen LogP contribution in [0.3, 0.4) is 0 Å². The highest BCUT2D eigenvalue weighted by atomic mass is 19.4. The van der Waals surface area contributed by atoms with Crippen LogP contribution in [0.2, 0.25) is 0 Å². The molecule has 2 amide bonds. The molecule has 3 N–H and O–H groups in total. The number of halogens is 3. The van der Waals surface area contributed by atoms with Crippen molar-refractivity contribution < 1.29 is 27.5 Å². The van der Waals surface area contributed by atoms with Gasteiger partial charge in [-0.1, -0.05) is 38.0 Å². The number of amides is 2. The van der Waals surface area contributed by atoms with E-state index in [1.54, 1.807) is 4.90 Å². The second-order valence-corrected chi connectivity index (χ2v) is 11.4. The zero-order valence-electron chi connectivity index (χ0n) is 23.3. The maximum absolute atomic E-state index is 13.8. The molecule has 222 valence electrons. The summed E-state index contributed by atoms with van der Waals surface area (Å²) in [6.07, 6.45) is 1.65. The summed E-state index contributed by atoms with van der Waals surface area (Å²) in [5.74, 6) is -1.04. The standard InChI is InChI=1S/C31H34F3N5O3/c1-2-3-6-21(13-19-16-35-24-8-5-4-7-22(19)24)36-29(40)20-15-27-26(11-12-42-27)39(17-20)30(41)18-9-10-25-23(14-18)28(38-37-25)31(32,33)34/h4-5,7-10,14,16,20-21,26-27,35H,2-3,6,11-13,15,17H2,1H3,(H,36,40)(H,37,38)/t20-,21?,26-,27-/m1/s1. The van der Waals surface area contributed by atoms with E-state index in [0.29, 0.717) is 25.9 Å². The molecule has 2 aromatic carbocycles. The van der Waals surface area contributed by atoms with Gasteiger partial charge in [0, 0.05) is 47.2 Å². The largest absolute Gasteiger partial charge is 0.433 e. The monoisotopic (exact) mass is 581 g/mol. The molecule has 2 aliphatic rings. The minimum Gasteiger partial charge on any atom is -0.376 e. The number of benzene rings is 2. The lowest BCUT2D eigenvalue weighted by Gasteiger charge is -2.40. The Hall–Kier alpha value is -3.86. The topological polar surface area (TPSA) is 103 Å². The smallest absolute Gasteiger partial charge is 0.376 e. The summed E-state index contributed by atoms with van der Waals surface area (Å²) in [6, 6.07) is 11.9.